The highest BCUT2D eigenvalue weighted by Gasteiger charge is 2.15. The molecule has 86 valence electrons. The Kier molecular flexibility index (Phi) is 4.19. The van der Waals surface area contributed by atoms with E-state index in [0.29, 0.717) is 6.04 Å². The summed E-state index contributed by atoms with van der Waals surface area (Å²) in [6.45, 7) is 2.20. The lowest BCUT2D eigenvalue weighted by Gasteiger charge is -2.12. The Labute approximate surface area is 113 Å². The minimum Gasteiger partial charge on any atom is -0.308 e. The second kappa shape index (κ2) is 5.45. The molecule has 0 aliphatic rings. The maximum Gasteiger partial charge on any atom is 0.0762 e. The van der Waals surface area contributed by atoms with Gasteiger partial charge in [-0.3, -0.25) is 0 Å². The number of hydrogen-bond donors (Lipinski definition) is 1. The second-order valence-corrected chi connectivity index (χ2v) is 7.22. The third kappa shape index (κ3) is 2.56. The van der Waals surface area contributed by atoms with Gasteiger partial charge in [0.2, 0.25) is 0 Å². The van der Waals surface area contributed by atoms with E-state index in [2.05, 4.69) is 52.4 Å². The van der Waals surface area contributed by atoms with Gasteiger partial charge in [-0.25, -0.2) is 0 Å². The van der Waals surface area contributed by atoms with E-state index in [-0.39, 0.29) is 0 Å². The van der Waals surface area contributed by atoms with Crippen molar-refractivity contribution in [1.29, 1.82) is 0 Å². The van der Waals surface area contributed by atoms with Crippen molar-refractivity contribution in [3.05, 3.63) is 42.7 Å². The first-order chi connectivity index (χ1) is 7.74. The van der Waals surface area contributed by atoms with Crippen LogP contribution in [0.2, 0.25) is 0 Å². The molecule has 0 radical (unpaired) electrons. The van der Waals surface area contributed by atoms with E-state index < -0.39 is 0 Å². The molecule has 2 rings (SSSR count). The number of halogens is 1. The first-order valence-electron chi connectivity index (χ1n) is 5.25. The van der Waals surface area contributed by atoms with Crippen molar-refractivity contribution in [3.63, 3.8) is 0 Å². The standard InChI is InChI=1S/C12H14BrNS2/c1-3-8-4-5-9(15-8)12(14-2)10-6-7-11(13)16-10/h4-7,12,14H,3H2,1-2H3. The molecular formula is C12H14BrNS2. The lowest BCUT2D eigenvalue weighted by Crippen LogP contribution is -2.14. The Hall–Kier alpha value is -0.160. The van der Waals surface area contributed by atoms with E-state index in [4.69, 9.17) is 0 Å². The largest absolute Gasteiger partial charge is 0.308 e. The molecule has 1 nitrogen and oxygen atoms in total. The van der Waals surface area contributed by atoms with Gasteiger partial charge in [-0.15, -0.1) is 22.7 Å². The molecule has 0 aromatic carbocycles. The fourth-order valence-corrected chi connectivity index (χ4v) is 4.36. The Morgan fingerprint density at radius 1 is 1.19 bits per heavy atom. The van der Waals surface area contributed by atoms with E-state index in [0.717, 1.165) is 6.42 Å². The topological polar surface area (TPSA) is 12.0 Å². The van der Waals surface area contributed by atoms with Crippen molar-refractivity contribution < 1.29 is 0 Å². The minimum atomic E-state index is 0.335. The number of thiophene rings is 2. The maximum absolute atomic E-state index is 3.52. The summed E-state index contributed by atoms with van der Waals surface area (Å²) in [5, 5.41) is 3.39. The maximum atomic E-state index is 3.52. The Morgan fingerprint density at radius 3 is 2.38 bits per heavy atom. The van der Waals surface area contributed by atoms with Gasteiger partial charge in [0.25, 0.3) is 0 Å². The third-order valence-electron chi connectivity index (χ3n) is 2.48. The second-order valence-electron chi connectivity index (χ2n) is 3.52. The molecule has 1 atom stereocenters. The van der Waals surface area contributed by atoms with Gasteiger partial charge in [-0.2, -0.15) is 0 Å². The number of nitrogens with one attached hydrogen (secondary N) is 1. The number of rotatable bonds is 4. The van der Waals surface area contributed by atoms with Gasteiger partial charge >= 0.3 is 0 Å². The van der Waals surface area contributed by atoms with Gasteiger partial charge < -0.3 is 5.32 Å². The molecule has 2 aromatic heterocycles. The summed E-state index contributed by atoms with van der Waals surface area (Å²) in [6.07, 6.45) is 1.12. The fourth-order valence-electron chi connectivity index (χ4n) is 1.65. The van der Waals surface area contributed by atoms with E-state index in [1.165, 1.54) is 18.4 Å². The SMILES string of the molecule is CCc1ccc(C(NC)c2ccc(Br)s2)s1. The van der Waals surface area contributed by atoms with Crippen molar-refractivity contribution in [2.45, 2.75) is 19.4 Å². The monoisotopic (exact) mass is 315 g/mol. The van der Waals surface area contributed by atoms with Crippen molar-refractivity contribution in [3.8, 4) is 0 Å². The molecule has 0 amide bonds. The van der Waals surface area contributed by atoms with Crippen LogP contribution in [0.4, 0.5) is 0 Å². The van der Waals surface area contributed by atoms with E-state index >= 15 is 0 Å². The predicted molar refractivity (Wildman–Crippen MR) is 76.6 cm³/mol. The third-order valence-corrected chi connectivity index (χ3v) is 5.47. The van der Waals surface area contributed by atoms with Crippen LogP contribution in [0.3, 0.4) is 0 Å². The first-order valence-corrected chi connectivity index (χ1v) is 7.68. The summed E-state index contributed by atoms with van der Waals surface area (Å²) in [5.41, 5.74) is 0. The summed E-state index contributed by atoms with van der Waals surface area (Å²) < 4.78 is 1.19. The van der Waals surface area contributed by atoms with Crippen LogP contribution in [0.5, 0.6) is 0 Å². The Bertz CT molecular complexity index is 461. The summed E-state index contributed by atoms with van der Waals surface area (Å²) >= 11 is 7.21. The van der Waals surface area contributed by atoms with E-state index in [9.17, 15) is 0 Å². The highest BCUT2D eigenvalue weighted by molar-refractivity contribution is 9.11. The summed E-state index contributed by atoms with van der Waals surface area (Å²) in [7, 11) is 2.02. The van der Waals surface area contributed by atoms with Crippen molar-refractivity contribution in [2.24, 2.45) is 0 Å². The minimum absolute atomic E-state index is 0.335. The van der Waals surface area contributed by atoms with Crippen LogP contribution in [0.25, 0.3) is 0 Å². The summed E-state index contributed by atoms with van der Waals surface area (Å²) in [4.78, 5) is 4.21. The first kappa shape index (κ1) is 12.3. The van der Waals surface area contributed by atoms with Crippen molar-refractivity contribution >= 4 is 38.6 Å². The summed E-state index contributed by atoms with van der Waals surface area (Å²) in [5.74, 6) is 0. The molecule has 1 unspecified atom stereocenters. The molecule has 4 heteroatoms. The van der Waals surface area contributed by atoms with E-state index in [1.807, 2.05) is 18.4 Å². The zero-order chi connectivity index (χ0) is 11.5. The zero-order valence-electron chi connectivity index (χ0n) is 9.29. The Balaban J connectivity index is 2.28. The normalized spacial score (nSPS) is 12.9. The van der Waals surface area contributed by atoms with Gasteiger partial charge in [-0.05, 0) is 53.7 Å². The molecule has 0 saturated heterocycles. The lowest BCUT2D eigenvalue weighted by molar-refractivity contribution is 0.716. The quantitative estimate of drug-likeness (QED) is 0.879. The average molecular weight is 316 g/mol. The average Bonchev–Trinajstić information content (AvgIpc) is 2.89. The predicted octanol–water partition coefficient (Wildman–Crippen LogP) is 4.44. The molecule has 2 aromatic rings. The van der Waals surface area contributed by atoms with Crippen LogP contribution in [-0.4, -0.2) is 7.05 Å². The van der Waals surface area contributed by atoms with Crippen LogP contribution in [0.15, 0.2) is 28.1 Å². The molecule has 0 spiro atoms. The fraction of sp³-hybridized carbons (Fsp3) is 0.333. The molecule has 0 fully saturated rings. The molecule has 0 bridgehead atoms. The van der Waals surface area contributed by atoms with Crippen LogP contribution in [-0.2, 0) is 6.42 Å². The smallest absolute Gasteiger partial charge is 0.0762 e. The molecule has 0 aliphatic heterocycles. The zero-order valence-corrected chi connectivity index (χ0v) is 12.5. The number of hydrogen-bond acceptors (Lipinski definition) is 3. The highest BCUT2D eigenvalue weighted by Crippen LogP contribution is 2.34. The number of aryl methyl sites for hydroxylation is 1. The van der Waals surface area contributed by atoms with Gasteiger partial charge in [-0.1, -0.05) is 6.92 Å². The lowest BCUT2D eigenvalue weighted by atomic mass is 10.2. The molecule has 2 heterocycles. The van der Waals surface area contributed by atoms with Crippen LogP contribution >= 0.6 is 38.6 Å². The molecule has 0 aliphatic carbocycles. The van der Waals surface area contributed by atoms with Gasteiger partial charge in [0.1, 0.15) is 0 Å². The molecule has 16 heavy (non-hydrogen) atoms. The summed E-state index contributed by atoms with van der Waals surface area (Å²) in [6, 6.07) is 9.09. The Morgan fingerprint density at radius 2 is 1.88 bits per heavy atom. The van der Waals surface area contributed by atoms with Gasteiger partial charge in [0.15, 0.2) is 0 Å². The molecule has 1 N–H and O–H groups in total. The highest BCUT2D eigenvalue weighted by atomic mass is 79.9. The van der Waals surface area contributed by atoms with Crippen molar-refractivity contribution in [1.82, 2.24) is 5.32 Å². The van der Waals surface area contributed by atoms with Crippen LogP contribution in [0, 0.1) is 0 Å². The van der Waals surface area contributed by atoms with Gasteiger partial charge in [0.05, 0.1) is 9.83 Å². The molecule has 0 saturated carbocycles. The van der Waals surface area contributed by atoms with Gasteiger partial charge in [0, 0.05) is 14.6 Å². The molecular weight excluding hydrogens is 302 g/mol. The van der Waals surface area contributed by atoms with Crippen LogP contribution in [0.1, 0.15) is 27.6 Å². The van der Waals surface area contributed by atoms with Crippen LogP contribution < -0.4 is 5.32 Å². The van der Waals surface area contributed by atoms with Crippen molar-refractivity contribution in [2.75, 3.05) is 7.05 Å². The van der Waals surface area contributed by atoms with E-state index in [1.54, 1.807) is 11.3 Å².